The lowest BCUT2D eigenvalue weighted by molar-refractivity contribution is -0.122. The zero-order chi connectivity index (χ0) is 13.5. The SMILES string of the molecule is CCC1CCC(CNC(=O)[C@H](C)NC(N)=O)CC1. The van der Waals surface area contributed by atoms with E-state index < -0.39 is 12.1 Å². The van der Waals surface area contributed by atoms with Crippen molar-refractivity contribution < 1.29 is 9.59 Å². The number of rotatable bonds is 5. The number of hydrogen-bond donors (Lipinski definition) is 3. The minimum absolute atomic E-state index is 0.161. The molecule has 1 atom stereocenters. The summed E-state index contributed by atoms with van der Waals surface area (Å²) < 4.78 is 0. The van der Waals surface area contributed by atoms with Gasteiger partial charge < -0.3 is 16.4 Å². The Morgan fingerprint density at radius 3 is 2.28 bits per heavy atom. The molecule has 0 aromatic heterocycles. The summed E-state index contributed by atoms with van der Waals surface area (Å²) in [6, 6.07) is -1.23. The van der Waals surface area contributed by atoms with Gasteiger partial charge in [0.15, 0.2) is 0 Å². The van der Waals surface area contributed by atoms with E-state index in [1.54, 1.807) is 6.92 Å². The molecule has 0 saturated heterocycles. The summed E-state index contributed by atoms with van der Waals surface area (Å²) >= 11 is 0. The lowest BCUT2D eigenvalue weighted by Crippen LogP contribution is -2.47. The molecule has 0 spiro atoms. The van der Waals surface area contributed by atoms with Gasteiger partial charge in [-0.3, -0.25) is 4.79 Å². The Kier molecular flexibility index (Phi) is 5.95. The van der Waals surface area contributed by atoms with Gasteiger partial charge in [-0.05, 0) is 31.6 Å². The Morgan fingerprint density at radius 1 is 1.22 bits per heavy atom. The van der Waals surface area contributed by atoms with Crippen molar-refractivity contribution in [2.45, 2.75) is 52.0 Å². The van der Waals surface area contributed by atoms with Crippen LogP contribution in [-0.4, -0.2) is 24.5 Å². The number of amides is 3. The first-order valence-corrected chi connectivity index (χ1v) is 6.86. The van der Waals surface area contributed by atoms with Crippen LogP contribution in [0.5, 0.6) is 0 Å². The van der Waals surface area contributed by atoms with Crippen molar-refractivity contribution in [2.24, 2.45) is 17.6 Å². The molecule has 5 nitrogen and oxygen atoms in total. The molecule has 1 fully saturated rings. The number of hydrogen-bond acceptors (Lipinski definition) is 2. The van der Waals surface area contributed by atoms with E-state index in [0.29, 0.717) is 12.5 Å². The summed E-state index contributed by atoms with van der Waals surface area (Å²) in [5.41, 5.74) is 4.97. The Hall–Kier alpha value is -1.26. The van der Waals surface area contributed by atoms with E-state index in [-0.39, 0.29) is 5.91 Å². The van der Waals surface area contributed by atoms with E-state index in [0.717, 1.165) is 5.92 Å². The van der Waals surface area contributed by atoms with Crippen molar-refractivity contribution in [3.05, 3.63) is 0 Å². The highest BCUT2D eigenvalue weighted by Crippen LogP contribution is 2.29. The van der Waals surface area contributed by atoms with Gasteiger partial charge in [0.05, 0.1) is 0 Å². The highest BCUT2D eigenvalue weighted by molar-refractivity contribution is 5.86. The van der Waals surface area contributed by atoms with Crippen LogP contribution < -0.4 is 16.4 Å². The van der Waals surface area contributed by atoms with Gasteiger partial charge in [0.25, 0.3) is 0 Å². The van der Waals surface area contributed by atoms with Crippen LogP contribution >= 0.6 is 0 Å². The minimum Gasteiger partial charge on any atom is -0.354 e. The van der Waals surface area contributed by atoms with Crippen LogP contribution in [0.15, 0.2) is 0 Å². The van der Waals surface area contributed by atoms with Crippen molar-refractivity contribution in [3.63, 3.8) is 0 Å². The number of primary amides is 1. The molecule has 0 heterocycles. The van der Waals surface area contributed by atoms with Gasteiger partial charge >= 0.3 is 6.03 Å². The van der Waals surface area contributed by atoms with Gasteiger partial charge in [0.1, 0.15) is 6.04 Å². The summed E-state index contributed by atoms with van der Waals surface area (Å²) in [5, 5.41) is 5.25. The third kappa shape index (κ3) is 4.94. The van der Waals surface area contributed by atoms with Gasteiger partial charge in [-0.1, -0.05) is 26.2 Å². The molecule has 0 unspecified atom stereocenters. The van der Waals surface area contributed by atoms with Gasteiger partial charge in [-0.25, -0.2) is 4.79 Å². The average Bonchev–Trinajstić information content (AvgIpc) is 2.35. The standard InChI is InChI=1S/C13H25N3O2/c1-3-10-4-6-11(7-5-10)8-15-12(17)9(2)16-13(14)18/h9-11H,3-8H2,1-2H3,(H,15,17)(H3,14,16,18)/t9-,10?,11?/m0/s1. The van der Waals surface area contributed by atoms with Crippen molar-refractivity contribution in [1.82, 2.24) is 10.6 Å². The molecular weight excluding hydrogens is 230 g/mol. The van der Waals surface area contributed by atoms with Crippen LogP contribution in [0.25, 0.3) is 0 Å². The quantitative estimate of drug-likeness (QED) is 0.693. The average molecular weight is 255 g/mol. The van der Waals surface area contributed by atoms with Crippen molar-refractivity contribution in [1.29, 1.82) is 0 Å². The van der Waals surface area contributed by atoms with E-state index in [4.69, 9.17) is 5.73 Å². The Morgan fingerprint density at radius 2 is 1.78 bits per heavy atom. The highest BCUT2D eigenvalue weighted by Gasteiger charge is 2.21. The summed E-state index contributed by atoms with van der Waals surface area (Å²) in [6.07, 6.45) is 6.18. The number of urea groups is 1. The Labute approximate surface area is 109 Å². The van der Waals surface area contributed by atoms with E-state index >= 15 is 0 Å². The lowest BCUT2D eigenvalue weighted by Gasteiger charge is -2.28. The molecule has 0 aromatic rings. The van der Waals surface area contributed by atoms with E-state index in [1.165, 1.54) is 32.1 Å². The fourth-order valence-electron chi connectivity index (χ4n) is 2.52. The van der Waals surface area contributed by atoms with Gasteiger partial charge in [0, 0.05) is 6.54 Å². The molecule has 4 N–H and O–H groups in total. The third-order valence-electron chi connectivity index (χ3n) is 3.86. The first kappa shape index (κ1) is 14.8. The van der Waals surface area contributed by atoms with Crippen LogP contribution in [-0.2, 0) is 4.79 Å². The van der Waals surface area contributed by atoms with Gasteiger partial charge in [-0.2, -0.15) is 0 Å². The minimum atomic E-state index is -0.666. The first-order valence-electron chi connectivity index (χ1n) is 6.86. The molecule has 1 aliphatic carbocycles. The second-order valence-corrected chi connectivity index (χ2v) is 5.27. The zero-order valence-corrected chi connectivity index (χ0v) is 11.4. The van der Waals surface area contributed by atoms with Crippen LogP contribution in [0.3, 0.4) is 0 Å². The van der Waals surface area contributed by atoms with Crippen molar-refractivity contribution >= 4 is 11.9 Å². The first-order chi connectivity index (χ1) is 8.52. The molecule has 0 radical (unpaired) electrons. The number of nitrogens with two attached hydrogens (primary N) is 1. The van der Waals surface area contributed by atoms with Gasteiger partial charge in [-0.15, -0.1) is 0 Å². The maximum Gasteiger partial charge on any atom is 0.312 e. The zero-order valence-electron chi connectivity index (χ0n) is 11.4. The third-order valence-corrected chi connectivity index (χ3v) is 3.86. The molecule has 5 heteroatoms. The maximum atomic E-state index is 11.7. The van der Waals surface area contributed by atoms with Crippen LogP contribution in [0, 0.1) is 11.8 Å². The largest absolute Gasteiger partial charge is 0.354 e. The Balaban J connectivity index is 2.21. The summed E-state index contributed by atoms with van der Waals surface area (Å²) in [7, 11) is 0. The summed E-state index contributed by atoms with van der Waals surface area (Å²) in [4.78, 5) is 22.3. The smallest absolute Gasteiger partial charge is 0.312 e. The van der Waals surface area contributed by atoms with E-state index in [9.17, 15) is 9.59 Å². The number of carbonyl (C=O) groups is 2. The molecule has 104 valence electrons. The fourth-order valence-corrected chi connectivity index (χ4v) is 2.52. The summed E-state index contributed by atoms with van der Waals surface area (Å²) in [6.45, 7) is 4.58. The topological polar surface area (TPSA) is 84.2 Å². The molecule has 1 rings (SSSR count). The van der Waals surface area contributed by atoms with Crippen molar-refractivity contribution in [3.8, 4) is 0 Å². The molecule has 1 saturated carbocycles. The highest BCUT2D eigenvalue weighted by atomic mass is 16.2. The van der Waals surface area contributed by atoms with Crippen molar-refractivity contribution in [2.75, 3.05) is 6.54 Å². The predicted molar refractivity (Wildman–Crippen MR) is 70.9 cm³/mol. The maximum absolute atomic E-state index is 11.7. The predicted octanol–water partition coefficient (Wildman–Crippen LogP) is 1.38. The molecule has 0 bridgehead atoms. The number of carbonyl (C=O) groups excluding carboxylic acids is 2. The molecule has 0 aliphatic heterocycles. The molecule has 1 aliphatic rings. The second kappa shape index (κ2) is 7.24. The van der Waals surface area contributed by atoms with Crippen LogP contribution in [0.1, 0.15) is 46.0 Å². The normalized spacial score (nSPS) is 25.2. The van der Waals surface area contributed by atoms with Crippen LogP contribution in [0.4, 0.5) is 4.79 Å². The number of nitrogens with one attached hydrogen (secondary N) is 2. The monoisotopic (exact) mass is 255 g/mol. The van der Waals surface area contributed by atoms with Crippen LogP contribution in [0.2, 0.25) is 0 Å². The molecule has 0 aromatic carbocycles. The second-order valence-electron chi connectivity index (χ2n) is 5.27. The molecule has 3 amide bonds. The lowest BCUT2D eigenvalue weighted by atomic mass is 9.81. The van der Waals surface area contributed by atoms with E-state index in [1.807, 2.05) is 0 Å². The van der Waals surface area contributed by atoms with E-state index in [2.05, 4.69) is 17.6 Å². The Bertz CT molecular complexity index is 286. The fraction of sp³-hybridized carbons (Fsp3) is 0.846. The molecule has 18 heavy (non-hydrogen) atoms. The van der Waals surface area contributed by atoms with Gasteiger partial charge in [0.2, 0.25) is 5.91 Å². The molecular formula is C13H25N3O2. The summed E-state index contributed by atoms with van der Waals surface area (Å²) in [5.74, 6) is 1.29.